The molecule has 1 aliphatic heterocycles. The van der Waals surface area contributed by atoms with Crippen molar-refractivity contribution in [2.45, 2.75) is 39.0 Å². The van der Waals surface area contributed by atoms with Gasteiger partial charge < -0.3 is 10.6 Å². The summed E-state index contributed by atoms with van der Waals surface area (Å²) in [5.41, 5.74) is 5.30. The number of allylic oxidation sites excluding steroid dienone is 3. The van der Waals surface area contributed by atoms with Crippen LogP contribution in [-0.2, 0) is 9.59 Å². The number of hydrogen-bond donors (Lipinski definition) is 2. The van der Waals surface area contributed by atoms with E-state index in [0.29, 0.717) is 27.6 Å². The highest BCUT2D eigenvalue weighted by Crippen LogP contribution is 2.43. The number of aryl methyl sites for hydroxylation is 1. The molecule has 1 atom stereocenters. The Hall–Kier alpha value is -2.56. The number of halogens is 2. The summed E-state index contributed by atoms with van der Waals surface area (Å²) in [5, 5.41) is 7.17. The number of hydrogen-bond acceptors (Lipinski definition) is 3. The third-order valence-electron chi connectivity index (χ3n) is 5.69. The maximum absolute atomic E-state index is 13.4. The summed E-state index contributed by atoms with van der Waals surface area (Å²) >= 11 is 12.4. The lowest BCUT2D eigenvalue weighted by Crippen LogP contribution is -2.35. The zero-order chi connectivity index (χ0) is 21.4. The number of dihydropyridines is 1. The number of carbonyl (C=O) groups excluding carboxylic acids is 2. The van der Waals surface area contributed by atoms with Crippen molar-refractivity contribution in [1.29, 1.82) is 0 Å². The molecule has 0 aromatic heterocycles. The highest BCUT2D eigenvalue weighted by atomic mass is 35.5. The van der Waals surface area contributed by atoms with Crippen molar-refractivity contribution in [3.63, 3.8) is 0 Å². The van der Waals surface area contributed by atoms with Crippen molar-refractivity contribution < 1.29 is 9.59 Å². The number of carbonyl (C=O) groups is 2. The molecule has 154 valence electrons. The van der Waals surface area contributed by atoms with Crippen LogP contribution in [0.5, 0.6) is 0 Å². The van der Waals surface area contributed by atoms with Gasteiger partial charge in [-0.25, -0.2) is 0 Å². The van der Waals surface area contributed by atoms with Crippen molar-refractivity contribution in [1.82, 2.24) is 5.32 Å². The molecule has 0 saturated heterocycles. The fourth-order valence-electron chi connectivity index (χ4n) is 4.21. The highest BCUT2D eigenvalue weighted by Gasteiger charge is 2.38. The number of amides is 1. The molecule has 4 nitrogen and oxygen atoms in total. The van der Waals surface area contributed by atoms with Crippen LogP contribution in [0.1, 0.15) is 43.2 Å². The molecular weight excluding hydrogens is 419 g/mol. The number of benzene rings is 2. The highest BCUT2D eigenvalue weighted by molar-refractivity contribution is 6.42. The Morgan fingerprint density at radius 3 is 2.57 bits per heavy atom. The van der Waals surface area contributed by atoms with Crippen LogP contribution < -0.4 is 10.6 Å². The number of para-hydroxylation sites is 1. The molecule has 1 heterocycles. The minimum atomic E-state index is -0.493. The summed E-state index contributed by atoms with van der Waals surface area (Å²) in [6.07, 6.45) is 2.06. The molecule has 2 aromatic carbocycles. The van der Waals surface area contributed by atoms with Crippen LogP contribution in [0.3, 0.4) is 0 Å². The van der Waals surface area contributed by atoms with Crippen LogP contribution in [-0.4, -0.2) is 11.7 Å². The van der Waals surface area contributed by atoms with Gasteiger partial charge in [0.05, 0.1) is 10.0 Å². The van der Waals surface area contributed by atoms with E-state index < -0.39 is 5.92 Å². The predicted molar refractivity (Wildman–Crippen MR) is 121 cm³/mol. The summed E-state index contributed by atoms with van der Waals surface area (Å²) in [6, 6.07) is 12.9. The summed E-state index contributed by atoms with van der Waals surface area (Å²) in [4.78, 5) is 26.4. The van der Waals surface area contributed by atoms with Crippen LogP contribution >= 0.6 is 23.2 Å². The summed E-state index contributed by atoms with van der Waals surface area (Å²) in [7, 11) is 0. The van der Waals surface area contributed by atoms with Gasteiger partial charge in [-0.3, -0.25) is 9.59 Å². The molecule has 0 bridgehead atoms. The number of anilines is 1. The molecule has 1 aliphatic carbocycles. The lowest BCUT2D eigenvalue weighted by Gasteiger charge is -2.34. The largest absolute Gasteiger partial charge is 0.362 e. The summed E-state index contributed by atoms with van der Waals surface area (Å²) < 4.78 is 0. The average Bonchev–Trinajstić information content (AvgIpc) is 2.71. The first kappa shape index (κ1) is 20.7. The number of ketones is 1. The Balaban J connectivity index is 1.82. The van der Waals surface area contributed by atoms with E-state index in [-0.39, 0.29) is 11.7 Å². The first-order valence-corrected chi connectivity index (χ1v) is 10.7. The molecule has 0 radical (unpaired) electrons. The maximum Gasteiger partial charge on any atom is 0.254 e. The quantitative estimate of drug-likeness (QED) is 0.623. The summed E-state index contributed by atoms with van der Waals surface area (Å²) in [6.45, 7) is 3.82. The fraction of sp³-hybridized carbons (Fsp3) is 0.250. The number of rotatable bonds is 3. The minimum absolute atomic E-state index is 0.0634. The Labute approximate surface area is 186 Å². The van der Waals surface area contributed by atoms with E-state index in [1.54, 1.807) is 12.1 Å². The van der Waals surface area contributed by atoms with E-state index >= 15 is 0 Å². The van der Waals surface area contributed by atoms with E-state index in [0.717, 1.165) is 41.1 Å². The minimum Gasteiger partial charge on any atom is -0.362 e. The van der Waals surface area contributed by atoms with Gasteiger partial charge in [-0.05, 0) is 56.0 Å². The van der Waals surface area contributed by atoms with Gasteiger partial charge in [-0.15, -0.1) is 0 Å². The molecular formula is C24H22Cl2N2O2. The molecule has 0 fully saturated rings. The van der Waals surface area contributed by atoms with E-state index in [4.69, 9.17) is 23.2 Å². The van der Waals surface area contributed by atoms with Crippen molar-refractivity contribution in [2.24, 2.45) is 0 Å². The second kappa shape index (κ2) is 8.29. The second-order valence-corrected chi connectivity index (χ2v) is 8.52. The molecule has 0 spiro atoms. The van der Waals surface area contributed by atoms with Crippen LogP contribution in [0.2, 0.25) is 10.0 Å². The van der Waals surface area contributed by atoms with E-state index in [1.165, 1.54) is 0 Å². The van der Waals surface area contributed by atoms with Gasteiger partial charge in [0, 0.05) is 40.6 Å². The standard InChI is InChI=1S/C24H22Cl2N2O2/c1-13-6-3-4-7-18(13)28-24(30)21-14(2)27-19-8-5-9-20(29)23(19)22(21)15-10-11-16(25)17(26)12-15/h3-4,6-7,10-12,22,27H,5,8-9H2,1-2H3,(H,28,30)/t22-/m0/s1. The molecule has 30 heavy (non-hydrogen) atoms. The van der Waals surface area contributed by atoms with Gasteiger partial charge in [0.25, 0.3) is 5.91 Å². The first-order valence-electron chi connectivity index (χ1n) is 9.92. The van der Waals surface area contributed by atoms with Gasteiger partial charge in [-0.1, -0.05) is 47.5 Å². The van der Waals surface area contributed by atoms with Crippen molar-refractivity contribution in [3.05, 3.63) is 86.2 Å². The Morgan fingerprint density at radius 1 is 1.07 bits per heavy atom. The molecule has 2 aliphatic rings. The topological polar surface area (TPSA) is 58.2 Å². The van der Waals surface area contributed by atoms with Crippen LogP contribution in [0.15, 0.2) is 65.0 Å². The smallest absolute Gasteiger partial charge is 0.254 e. The van der Waals surface area contributed by atoms with E-state index in [9.17, 15) is 9.59 Å². The third-order valence-corrected chi connectivity index (χ3v) is 6.43. The molecule has 2 aromatic rings. The zero-order valence-corrected chi connectivity index (χ0v) is 18.3. The molecule has 6 heteroatoms. The van der Waals surface area contributed by atoms with Gasteiger partial charge >= 0.3 is 0 Å². The monoisotopic (exact) mass is 440 g/mol. The Bertz CT molecular complexity index is 1120. The fourth-order valence-corrected chi connectivity index (χ4v) is 4.52. The molecule has 4 rings (SSSR count). The van der Waals surface area contributed by atoms with Gasteiger partial charge in [0.15, 0.2) is 5.78 Å². The average molecular weight is 441 g/mol. The predicted octanol–water partition coefficient (Wildman–Crippen LogP) is 5.91. The molecule has 0 unspecified atom stereocenters. The van der Waals surface area contributed by atoms with Crippen molar-refractivity contribution in [3.8, 4) is 0 Å². The molecule has 2 N–H and O–H groups in total. The van der Waals surface area contributed by atoms with Crippen molar-refractivity contribution >= 4 is 40.6 Å². The normalized spacial score (nSPS) is 18.8. The first-order chi connectivity index (χ1) is 14.4. The maximum atomic E-state index is 13.4. The zero-order valence-electron chi connectivity index (χ0n) is 16.8. The third kappa shape index (κ3) is 3.78. The number of Topliss-reactive ketones (excluding diaryl/α,β-unsaturated/α-hetero) is 1. The van der Waals surface area contributed by atoms with Crippen LogP contribution in [0.25, 0.3) is 0 Å². The van der Waals surface area contributed by atoms with Gasteiger partial charge in [0.1, 0.15) is 0 Å². The van der Waals surface area contributed by atoms with Crippen LogP contribution in [0.4, 0.5) is 5.69 Å². The molecule has 0 saturated carbocycles. The number of nitrogens with one attached hydrogen (secondary N) is 2. The van der Waals surface area contributed by atoms with Crippen LogP contribution in [0, 0.1) is 6.92 Å². The Kier molecular flexibility index (Phi) is 5.72. The van der Waals surface area contributed by atoms with Crippen molar-refractivity contribution in [2.75, 3.05) is 5.32 Å². The van der Waals surface area contributed by atoms with E-state index in [2.05, 4.69) is 10.6 Å². The summed E-state index contributed by atoms with van der Waals surface area (Å²) in [5.74, 6) is -0.670. The lowest BCUT2D eigenvalue weighted by molar-refractivity contribution is -0.116. The van der Waals surface area contributed by atoms with Gasteiger partial charge in [-0.2, -0.15) is 0 Å². The Morgan fingerprint density at radius 2 is 1.83 bits per heavy atom. The lowest BCUT2D eigenvalue weighted by atomic mass is 9.75. The second-order valence-electron chi connectivity index (χ2n) is 7.71. The van der Waals surface area contributed by atoms with Gasteiger partial charge in [0.2, 0.25) is 0 Å². The SMILES string of the molecule is CC1=C(C(=O)Nc2ccccc2C)[C@H](c2ccc(Cl)c(Cl)c2)C2=C(CCCC2=O)N1. The molecule has 1 amide bonds. The van der Waals surface area contributed by atoms with E-state index in [1.807, 2.05) is 44.2 Å².